The lowest BCUT2D eigenvalue weighted by molar-refractivity contribution is -0.145. The first-order chi connectivity index (χ1) is 9.72. The number of thioether (sulfide) groups is 1. The summed E-state index contributed by atoms with van der Waals surface area (Å²) in [7, 11) is 1.65. The Morgan fingerprint density at radius 2 is 2.10 bits per heavy atom. The number of nitrogens with one attached hydrogen (secondary N) is 1. The van der Waals surface area contributed by atoms with Crippen LogP contribution in [0.25, 0.3) is 0 Å². The number of carbonyl (C=O) groups is 1. The van der Waals surface area contributed by atoms with E-state index in [1.54, 1.807) is 18.9 Å². The molecule has 0 spiro atoms. The number of carbonyl (C=O) groups excluding carboxylic acids is 1. The largest absolute Gasteiger partial charge is 0.497 e. The van der Waals surface area contributed by atoms with Gasteiger partial charge in [0.05, 0.1) is 13.7 Å². The third-order valence-electron chi connectivity index (χ3n) is 3.06. The third kappa shape index (κ3) is 4.72. The van der Waals surface area contributed by atoms with E-state index in [-0.39, 0.29) is 12.0 Å². The summed E-state index contributed by atoms with van der Waals surface area (Å²) >= 11 is 1.65. The molecular formula is C15H21NO3S. The molecule has 20 heavy (non-hydrogen) atoms. The van der Waals surface area contributed by atoms with Crippen LogP contribution in [0.2, 0.25) is 0 Å². The second kappa shape index (κ2) is 7.55. The molecule has 5 heteroatoms. The van der Waals surface area contributed by atoms with Gasteiger partial charge >= 0.3 is 5.97 Å². The van der Waals surface area contributed by atoms with Crippen LogP contribution in [0, 0.1) is 0 Å². The van der Waals surface area contributed by atoms with E-state index >= 15 is 0 Å². The van der Waals surface area contributed by atoms with E-state index in [9.17, 15) is 4.79 Å². The van der Waals surface area contributed by atoms with Gasteiger partial charge in [-0.3, -0.25) is 4.79 Å². The van der Waals surface area contributed by atoms with E-state index in [0.29, 0.717) is 18.4 Å². The summed E-state index contributed by atoms with van der Waals surface area (Å²) in [5.41, 5.74) is 0. The molecule has 110 valence electrons. The summed E-state index contributed by atoms with van der Waals surface area (Å²) < 4.78 is 10.3. The number of hydrogen-bond donors (Lipinski definition) is 1. The summed E-state index contributed by atoms with van der Waals surface area (Å²) in [6, 6.07) is 8.12. The monoisotopic (exact) mass is 295 g/mol. The first-order valence-electron chi connectivity index (χ1n) is 6.92. The Kier molecular flexibility index (Phi) is 5.73. The smallest absolute Gasteiger partial charge is 0.324 e. The molecule has 1 aromatic rings. The summed E-state index contributed by atoms with van der Waals surface area (Å²) in [6.07, 6.45) is 2.31. The number of benzene rings is 1. The lowest BCUT2D eigenvalue weighted by Gasteiger charge is -2.16. The summed E-state index contributed by atoms with van der Waals surface area (Å²) in [5, 5.41) is 3.35. The Balaban J connectivity index is 1.87. The molecule has 1 aromatic carbocycles. The van der Waals surface area contributed by atoms with Gasteiger partial charge in [-0.25, -0.2) is 0 Å². The van der Waals surface area contributed by atoms with Crippen molar-refractivity contribution in [3.8, 4) is 5.75 Å². The van der Waals surface area contributed by atoms with E-state index in [4.69, 9.17) is 9.47 Å². The Morgan fingerprint density at radius 1 is 1.40 bits per heavy atom. The number of rotatable bonds is 8. The minimum absolute atomic E-state index is 0.152. The molecule has 1 saturated carbocycles. The fraction of sp³-hybridized carbons (Fsp3) is 0.533. The summed E-state index contributed by atoms with van der Waals surface area (Å²) in [5.74, 6) is 1.37. The average Bonchev–Trinajstić information content (AvgIpc) is 3.28. The van der Waals surface area contributed by atoms with Crippen LogP contribution in [0.4, 0.5) is 0 Å². The van der Waals surface area contributed by atoms with Crippen LogP contribution >= 0.6 is 11.8 Å². The molecule has 0 aromatic heterocycles. The Morgan fingerprint density at radius 3 is 2.65 bits per heavy atom. The van der Waals surface area contributed by atoms with E-state index in [1.807, 2.05) is 31.2 Å². The normalized spacial score (nSPS) is 15.7. The zero-order valence-corrected chi connectivity index (χ0v) is 12.7. The highest BCUT2D eigenvalue weighted by Crippen LogP contribution is 2.24. The predicted octanol–water partition coefficient (Wildman–Crippen LogP) is 2.47. The fourth-order valence-corrected chi connectivity index (χ4v) is 2.73. The first-order valence-corrected chi connectivity index (χ1v) is 7.91. The SMILES string of the molecule is CCOC(=O)C(CSc1ccc(OC)cc1)NC1CC1. The highest BCUT2D eigenvalue weighted by atomic mass is 32.2. The summed E-state index contributed by atoms with van der Waals surface area (Å²) in [6.45, 7) is 2.26. The first kappa shape index (κ1) is 15.2. The maximum Gasteiger partial charge on any atom is 0.324 e. The van der Waals surface area contributed by atoms with Gasteiger partial charge in [0.25, 0.3) is 0 Å². The highest BCUT2D eigenvalue weighted by Gasteiger charge is 2.29. The lowest BCUT2D eigenvalue weighted by Crippen LogP contribution is -2.41. The van der Waals surface area contributed by atoms with Gasteiger partial charge in [0, 0.05) is 16.7 Å². The van der Waals surface area contributed by atoms with Crippen LogP contribution in [0.3, 0.4) is 0 Å². The Hall–Kier alpha value is -1.20. The maximum atomic E-state index is 11.9. The van der Waals surface area contributed by atoms with Gasteiger partial charge < -0.3 is 14.8 Å². The second-order valence-electron chi connectivity index (χ2n) is 4.73. The van der Waals surface area contributed by atoms with Crippen molar-refractivity contribution in [1.82, 2.24) is 5.32 Å². The number of methoxy groups -OCH3 is 1. The van der Waals surface area contributed by atoms with Gasteiger partial charge in [0.2, 0.25) is 0 Å². The number of hydrogen-bond acceptors (Lipinski definition) is 5. The van der Waals surface area contributed by atoms with Crippen molar-refractivity contribution in [1.29, 1.82) is 0 Å². The molecule has 0 saturated heterocycles. The van der Waals surface area contributed by atoms with E-state index in [2.05, 4.69) is 5.32 Å². The van der Waals surface area contributed by atoms with Crippen LogP contribution in [-0.4, -0.2) is 37.5 Å². The van der Waals surface area contributed by atoms with E-state index < -0.39 is 0 Å². The number of ether oxygens (including phenoxy) is 2. The Labute approximate surface area is 124 Å². The Bertz CT molecular complexity index is 431. The minimum atomic E-state index is -0.227. The van der Waals surface area contributed by atoms with Crippen LogP contribution < -0.4 is 10.1 Å². The molecule has 0 bridgehead atoms. The van der Waals surface area contributed by atoms with Gasteiger partial charge in [-0.15, -0.1) is 11.8 Å². The summed E-state index contributed by atoms with van der Waals surface area (Å²) in [4.78, 5) is 13.0. The molecule has 1 N–H and O–H groups in total. The van der Waals surface area contributed by atoms with Crippen LogP contribution in [-0.2, 0) is 9.53 Å². The molecule has 0 radical (unpaired) electrons. The molecule has 1 atom stereocenters. The molecule has 1 aliphatic rings. The fourth-order valence-electron chi connectivity index (χ4n) is 1.81. The molecular weight excluding hydrogens is 274 g/mol. The second-order valence-corrected chi connectivity index (χ2v) is 5.83. The third-order valence-corrected chi connectivity index (χ3v) is 4.17. The van der Waals surface area contributed by atoms with Crippen molar-refractivity contribution in [2.45, 2.75) is 36.7 Å². The van der Waals surface area contributed by atoms with E-state index in [0.717, 1.165) is 23.5 Å². The average molecular weight is 295 g/mol. The molecule has 4 nitrogen and oxygen atoms in total. The molecule has 0 aliphatic heterocycles. The quantitative estimate of drug-likeness (QED) is 0.590. The van der Waals surface area contributed by atoms with Crippen molar-refractivity contribution in [2.24, 2.45) is 0 Å². The van der Waals surface area contributed by atoms with Crippen LogP contribution in [0.1, 0.15) is 19.8 Å². The minimum Gasteiger partial charge on any atom is -0.497 e. The van der Waals surface area contributed by atoms with Crippen molar-refractivity contribution in [3.63, 3.8) is 0 Å². The topological polar surface area (TPSA) is 47.6 Å². The number of esters is 1. The van der Waals surface area contributed by atoms with Crippen molar-refractivity contribution < 1.29 is 14.3 Å². The van der Waals surface area contributed by atoms with Crippen LogP contribution in [0.15, 0.2) is 29.2 Å². The molecule has 0 heterocycles. The zero-order valence-electron chi connectivity index (χ0n) is 11.9. The van der Waals surface area contributed by atoms with Crippen molar-refractivity contribution in [2.75, 3.05) is 19.5 Å². The van der Waals surface area contributed by atoms with Gasteiger partial charge in [0.15, 0.2) is 0 Å². The molecule has 2 rings (SSSR count). The zero-order chi connectivity index (χ0) is 14.4. The van der Waals surface area contributed by atoms with Crippen molar-refractivity contribution >= 4 is 17.7 Å². The van der Waals surface area contributed by atoms with Crippen molar-refractivity contribution in [3.05, 3.63) is 24.3 Å². The lowest BCUT2D eigenvalue weighted by atomic mass is 10.3. The maximum absolute atomic E-state index is 11.9. The molecule has 1 unspecified atom stereocenters. The van der Waals surface area contributed by atoms with Gasteiger partial charge in [-0.2, -0.15) is 0 Å². The van der Waals surface area contributed by atoms with Gasteiger partial charge in [0.1, 0.15) is 11.8 Å². The molecule has 1 aliphatic carbocycles. The predicted molar refractivity (Wildman–Crippen MR) is 80.3 cm³/mol. The molecule has 0 amide bonds. The van der Waals surface area contributed by atoms with Gasteiger partial charge in [-0.1, -0.05) is 0 Å². The van der Waals surface area contributed by atoms with E-state index in [1.165, 1.54) is 0 Å². The van der Waals surface area contributed by atoms with Crippen LogP contribution in [0.5, 0.6) is 5.75 Å². The molecule has 1 fully saturated rings. The standard InChI is InChI=1S/C15H21NO3S/c1-3-19-15(17)14(16-11-4-5-11)10-20-13-8-6-12(18-2)7-9-13/h6-9,11,14,16H,3-5,10H2,1-2H3. The van der Waals surface area contributed by atoms with Gasteiger partial charge in [-0.05, 0) is 44.0 Å². The highest BCUT2D eigenvalue weighted by molar-refractivity contribution is 7.99.